The lowest BCUT2D eigenvalue weighted by molar-refractivity contribution is 0.282. The molecule has 0 saturated carbocycles. The number of aliphatic hydroxyl groups is 1. The minimum absolute atomic E-state index is 0.131. The van der Waals surface area contributed by atoms with Crippen LogP contribution in [0.4, 0.5) is 8.78 Å². The van der Waals surface area contributed by atoms with Crippen molar-refractivity contribution in [3.8, 4) is 0 Å². The van der Waals surface area contributed by atoms with Crippen molar-refractivity contribution in [2.75, 3.05) is 0 Å². The van der Waals surface area contributed by atoms with Gasteiger partial charge < -0.3 is 5.11 Å². The molecule has 1 nitrogen and oxygen atoms in total. The van der Waals surface area contributed by atoms with Crippen LogP contribution in [0.3, 0.4) is 0 Å². The lowest BCUT2D eigenvalue weighted by Crippen LogP contribution is -1.87. The first-order chi connectivity index (χ1) is 6.70. The molecule has 0 heterocycles. The van der Waals surface area contributed by atoms with Crippen molar-refractivity contribution in [3.63, 3.8) is 0 Å². The fourth-order valence-electron chi connectivity index (χ4n) is 1.44. The third-order valence-corrected chi connectivity index (χ3v) is 2.11. The molecule has 0 radical (unpaired) electrons. The number of benzene rings is 2. The molecule has 2 aromatic rings. The molecule has 0 atom stereocenters. The van der Waals surface area contributed by atoms with E-state index < -0.39 is 11.6 Å². The lowest BCUT2D eigenvalue weighted by Gasteiger charge is -2.02. The average molecular weight is 194 g/mol. The summed E-state index contributed by atoms with van der Waals surface area (Å²) in [5.41, 5.74) is 0.641. The smallest absolute Gasteiger partial charge is 0.133 e. The Labute approximate surface area is 79.6 Å². The van der Waals surface area contributed by atoms with Crippen LogP contribution in [0.1, 0.15) is 5.56 Å². The Balaban J connectivity index is 2.75. The summed E-state index contributed by atoms with van der Waals surface area (Å²) in [5.74, 6) is -1.19. The standard InChI is InChI=1S/C11H8F2O/c12-9-4-8-3-7(6-14)1-2-10(8)11(13)5-9/h1-5,14H,6H2. The van der Waals surface area contributed by atoms with Crippen molar-refractivity contribution in [2.45, 2.75) is 6.61 Å². The van der Waals surface area contributed by atoms with Gasteiger partial charge in [0.1, 0.15) is 11.6 Å². The van der Waals surface area contributed by atoms with Gasteiger partial charge in [-0.25, -0.2) is 8.78 Å². The third-order valence-electron chi connectivity index (χ3n) is 2.11. The zero-order valence-electron chi connectivity index (χ0n) is 7.30. The van der Waals surface area contributed by atoms with E-state index in [0.717, 1.165) is 6.07 Å². The summed E-state index contributed by atoms with van der Waals surface area (Å²) in [6.07, 6.45) is 0. The quantitative estimate of drug-likeness (QED) is 0.739. The second-order valence-electron chi connectivity index (χ2n) is 3.10. The highest BCUT2D eigenvalue weighted by molar-refractivity contribution is 5.83. The van der Waals surface area contributed by atoms with Gasteiger partial charge in [-0.2, -0.15) is 0 Å². The summed E-state index contributed by atoms with van der Waals surface area (Å²) in [4.78, 5) is 0. The van der Waals surface area contributed by atoms with Gasteiger partial charge in [-0.1, -0.05) is 12.1 Å². The Bertz CT molecular complexity index is 480. The molecule has 0 aliphatic rings. The summed E-state index contributed by atoms with van der Waals surface area (Å²) < 4.78 is 26.0. The van der Waals surface area contributed by atoms with E-state index in [4.69, 9.17) is 5.11 Å². The van der Waals surface area contributed by atoms with Crippen LogP contribution < -0.4 is 0 Å². The number of hydrogen-bond acceptors (Lipinski definition) is 1. The van der Waals surface area contributed by atoms with Crippen molar-refractivity contribution in [2.24, 2.45) is 0 Å². The predicted molar refractivity (Wildman–Crippen MR) is 49.8 cm³/mol. The van der Waals surface area contributed by atoms with E-state index in [1.807, 2.05) is 0 Å². The van der Waals surface area contributed by atoms with E-state index >= 15 is 0 Å². The first kappa shape index (κ1) is 9.09. The molecule has 14 heavy (non-hydrogen) atoms. The van der Waals surface area contributed by atoms with E-state index in [1.54, 1.807) is 12.1 Å². The highest BCUT2D eigenvalue weighted by Gasteiger charge is 2.03. The number of rotatable bonds is 1. The third kappa shape index (κ3) is 1.46. The van der Waals surface area contributed by atoms with Crippen LogP contribution in [0.15, 0.2) is 30.3 Å². The predicted octanol–water partition coefficient (Wildman–Crippen LogP) is 2.61. The monoisotopic (exact) mass is 194 g/mol. The Morgan fingerprint density at radius 1 is 1.07 bits per heavy atom. The van der Waals surface area contributed by atoms with Gasteiger partial charge in [-0.05, 0) is 23.1 Å². The van der Waals surface area contributed by atoms with Crippen molar-refractivity contribution >= 4 is 10.8 Å². The molecular weight excluding hydrogens is 186 g/mol. The molecule has 0 saturated heterocycles. The largest absolute Gasteiger partial charge is 0.392 e. The molecular formula is C11H8F2O. The molecule has 3 heteroatoms. The Hall–Kier alpha value is -1.48. The summed E-state index contributed by atoms with van der Waals surface area (Å²) in [6.45, 7) is -0.131. The molecule has 72 valence electrons. The average Bonchev–Trinajstić information content (AvgIpc) is 2.16. The van der Waals surface area contributed by atoms with Gasteiger partial charge in [0.15, 0.2) is 0 Å². The Morgan fingerprint density at radius 2 is 1.86 bits per heavy atom. The van der Waals surface area contributed by atoms with Crippen molar-refractivity contribution in [3.05, 3.63) is 47.5 Å². The highest BCUT2D eigenvalue weighted by Crippen LogP contribution is 2.20. The second kappa shape index (κ2) is 3.35. The topological polar surface area (TPSA) is 20.2 Å². The molecule has 0 amide bonds. The minimum Gasteiger partial charge on any atom is -0.392 e. The van der Waals surface area contributed by atoms with E-state index in [9.17, 15) is 8.78 Å². The van der Waals surface area contributed by atoms with Crippen LogP contribution >= 0.6 is 0 Å². The molecule has 1 N–H and O–H groups in total. The van der Waals surface area contributed by atoms with Crippen molar-refractivity contribution in [1.82, 2.24) is 0 Å². The van der Waals surface area contributed by atoms with Crippen molar-refractivity contribution < 1.29 is 13.9 Å². The van der Waals surface area contributed by atoms with E-state index in [0.29, 0.717) is 16.3 Å². The highest BCUT2D eigenvalue weighted by atomic mass is 19.1. The summed E-state index contributed by atoms with van der Waals surface area (Å²) in [5, 5.41) is 9.68. The summed E-state index contributed by atoms with van der Waals surface area (Å²) >= 11 is 0. The van der Waals surface area contributed by atoms with Crippen LogP contribution in [0.2, 0.25) is 0 Å². The minimum atomic E-state index is -0.606. The van der Waals surface area contributed by atoms with E-state index in [1.165, 1.54) is 12.1 Å². The van der Waals surface area contributed by atoms with Gasteiger partial charge >= 0.3 is 0 Å². The molecule has 0 aromatic heterocycles. The first-order valence-corrected chi connectivity index (χ1v) is 4.19. The summed E-state index contributed by atoms with van der Waals surface area (Å²) in [6, 6.07) is 6.82. The number of halogens is 2. The maximum Gasteiger partial charge on any atom is 0.133 e. The number of fused-ring (bicyclic) bond motifs is 1. The van der Waals surface area contributed by atoms with Crippen LogP contribution in [0, 0.1) is 11.6 Å². The molecule has 0 unspecified atom stereocenters. The fourth-order valence-corrected chi connectivity index (χ4v) is 1.44. The van der Waals surface area contributed by atoms with Gasteiger partial charge in [-0.15, -0.1) is 0 Å². The summed E-state index contributed by atoms with van der Waals surface area (Å²) in [7, 11) is 0. The van der Waals surface area contributed by atoms with Crippen LogP contribution in [0.25, 0.3) is 10.8 Å². The van der Waals surface area contributed by atoms with E-state index in [-0.39, 0.29) is 6.61 Å². The number of hydrogen-bond donors (Lipinski definition) is 1. The van der Waals surface area contributed by atoms with Gasteiger partial charge in [0.2, 0.25) is 0 Å². The second-order valence-corrected chi connectivity index (χ2v) is 3.10. The lowest BCUT2D eigenvalue weighted by atomic mass is 10.1. The van der Waals surface area contributed by atoms with Gasteiger partial charge in [0, 0.05) is 11.5 Å². The maximum absolute atomic E-state index is 13.2. The number of aliphatic hydroxyl groups excluding tert-OH is 1. The zero-order chi connectivity index (χ0) is 10.1. The molecule has 2 aromatic carbocycles. The van der Waals surface area contributed by atoms with E-state index in [2.05, 4.69) is 0 Å². The van der Waals surface area contributed by atoms with Gasteiger partial charge in [0.25, 0.3) is 0 Å². The fraction of sp³-hybridized carbons (Fsp3) is 0.0909. The molecule has 0 bridgehead atoms. The molecule has 2 rings (SSSR count). The normalized spacial score (nSPS) is 10.8. The van der Waals surface area contributed by atoms with Crippen molar-refractivity contribution in [1.29, 1.82) is 0 Å². The van der Waals surface area contributed by atoms with Gasteiger partial charge in [-0.3, -0.25) is 0 Å². The van der Waals surface area contributed by atoms with Gasteiger partial charge in [0.05, 0.1) is 6.61 Å². The SMILES string of the molecule is OCc1ccc2c(F)cc(F)cc2c1. The Kier molecular flexibility index (Phi) is 2.17. The molecule has 0 spiro atoms. The maximum atomic E-state index is 13.2. The first-order valence-electron chi connectivity index (χ1n) is 4.19. The molecule has 0 aliphatic heterocycles. The van der Waals surface area contributed by atoms with Crippen LogP contribution in [-0.2, 0) is 6.61 Å². The zero-order valence-corrected chi connectivity index (χ0v) is 7.30. The van der Waals surface area contributed by atoms with Crippen LogP contribution in [0.5, 0.6) is 0 Å². The Morgan fingerprint density at radius 3 is 2.57 bits per heavy atom. The van der Waals surface area contributed by atoms with Crippen LogP contribution in [-0.4, -0.2) is 5.11 Å². The molecule has 0 aliphatic carbocycles. The molecule has 0 fully saturated rings.